The smallest absolute Gasteiger partial charge is 0.138 e. The molecule has 88 valence electrons. The zero-order valence-corrected chi connectivity index (χ0v) is 11.8. The molecule has 0 saturated heterocycles. The predicted octanol–water partition coefficient (Wildman–Crippen LogP) is 4.25. The summed E-state index contributed by atoms with van der Waals surface area (Å²) in [7, 11) is 0. The van der Waals surface area contributed by atoms with Crippen molar-refractivity contribution in [1.29, 1.82) is 0 Å². The van der Waals surface area contributed by atoms with Gasteiger partial charge in [-0.2, -0.15) is 0 Å². The summed E-state index contributed by atoms with van der Waals surface area (Å²) in [5, 5.41) is 3.68. The Balaban J connectivity index is 2.31. The molecule has 17 heavy (non-hydrogen) atoms. The van der Waals surface area contributed by atoms with E-state index in [2.05, 4.69) is 31.2 Å². The minimum Gasteiger partial charge on any atom is -0.340 e. The van der Waals surface area contributed by atoms with Gasteiger partial charge in [-0.15, -0.1) is 0 Å². The molecular weight excluding hydrogens is 302 g/mol. The van der Waals surface area contributed by atoms with Gasteiger partial charge in [-0.25, -0.2) is 9.97 Å². The maximum Gasteiger partial charge on any atom is 0.138 e. The molecule has 0 bridgehead atoms. The predicted molar refractivity (Wildman–Crippen MR) is 73.9 cm³/mol. The van der Waals surface area contributed by atoms with E-state index in [-0.39, 0.29) is 0 Å². The van der Waals surface area contributed by atoms with E-state index < -0.39 is 0 Å². The average Bonchev–Trinajstić information content (AvgIpc) is 2.30. The highest BCUT2D eigenvalue weighted by molar-refractivity contribution is 9.10. The second-order valence-corrected chi connectivity index (χ2v) is 4.94. The van der Waals surface area contributed by atoms with Crippen LogP contribution in [0.4, 0.5) is 11.5 Å². The molecule has 0 atom stereocenters. The van der Waals surface area contributed by atoms with Crippen LogP contribution in [0.2, 0.25) is 5.15 Å². The van der Waals surface area contributed by atoms with E-state index in [0.29, 0.717) is 5.15 Å². The highest BCUT2D eigenvalue weighted by Crippen LogP contribution is 2.25. The Labute approximate surface area is 113 Å². The minimum atomic E-state index is 0.466. The number of anilines is 2. The normalized spacial score (nSPS) is 10.4. The third kappa shape index (κ3) is 2.76. The van der Waals surface area contributed by atoms with E-state index in [9.17, 15) is 0 Å². The molecule has 0 aliphatic rings. The molecule has 0 unspecified atom stereocenters. The molecule has 0 spiro atoms. The van der Waals surface area contributed by atoms with Crippen molar-refractivity contribution in [2.24, 2.45) is 0 Å². The van der Waals surface area contributed by atoms with E-state index in [0.717, 1.165) is 21.5 Å². The second-order valence-electron chi connectivity index (χ2n) is 3.73. The van der Waals surface area contributed by atoms with Crippen molar-refractivity contribution in [2.45, 2.75) is 13.8 Å². The van der Waals surface area contributed by atoms with Crippen molar-refractivity contribution in [3.05, 3.63) is 45.3 Å². The zero-order chi connectivity index (χ0) is 12.4. The summed E-state index contributed by atoms with van der Waals surface area (Å²) in [6.07, 6.45) is 1.45. The summed E-state index contributed by atoms with van der Waals surface area (Å²) in [6.45, 7) is 3.93. The Morgan fingerprint density at radius 2 is 2.00 bits per heavy atom. The Bertz CT molecular complexity index is 557. The molecule has 0 radical (unpaired) electrons. The van der Waals surface area contributed by atoms with Crippen LogP contribution in [0, 0.1) is 13.8 Å². The van der Waals surface area contributed by atoms with Crippen LogP contribution in [0.3, 0.4) is 0 Å². The average molecular weight is 313 g/mol. The number of nitrogens with zero attached hydrogens (tertiary/aromatic N) is 2. The quantitative estimate of drug-likeness (QED) is 0.842. The lowest BCUT2D eigenvalue weighted by Gasteiger charge is -2.09. The first-order valence-corrected chi connectivity index (χ1v) is 6.25. The van der Waals surface area contributed by atoms with Gasteiger partial charge in [-0.05, 0) is 31.5 Å². The largest absolute Gasteiger partial charge is 0.340 e. The number of halogens is 2. The molecule has 1 heterocycles. The van der Waals surface area contributed by atoms with Crippen LogP contribution in [0.1, 0.15) is 11.1 Å². The van der Waals surface area contributed by atoms with Crippen molar-refractivity contribution in [3.63, 3.8) is 0 Å². The number of aromatic nitrogens is 2. The van der Waals surface area contributed by atoms with Gasteiger partial charge in [0, 0.05) is 15.7 Å². The Morgan fingerprint density at radius 3 is 2.71 bits per heavy atom. The Hall–Kier alpha value is -1.13. The first kappa shape index (κ1) is 12.3. The SMILES string of the molecule is Cc1ccc(Nc2ncnc(Cl)c2C)cc1Br. The van der Waals surface area contributed by atoms with Crippen LogP contribution >= 0.6 is 27.5 Å². The van der Waals surface area contributed by atoms with Gasteiger partial charge < -0.3 is 5.32 Å². The zero-order valence-electron chi connectivity index (χ0n) is 9.46. The summed E-state index contributed by atoms with van der Waals surface area (Å²) < 4.78 is 1.06. The number of aryl methyl sites for hydroxylation is 1. The second kappa shape index (κ2) is 5.02. The summed E-state index contributed by atoms with van der Waals surface area (Å²) in [5.74, 6) is 0.723. The van der Waals surface area contributed by atoms with Crippen molar-refractivity contribution < 1.29 is 0 Å². The van der Waals surface area contributed by atoms with Gasteiger partial charge in [0.15, 0.2) is 0 Å². The molecule has 0 fully saturated rings. The fraction of sp³-hybridized carbons (Fsp3) is 0.167. The van der Waals surface area contributed by atoms with Gasteiger partial charge >= 0.3 is 0 Å². The molecule has 0 amide bonds. The molecule has 1 aromatic heterocycles. The lowest BCUT2D eigenvalue weighted by atomic mass is 10.2. The molecule has 5 heteroatoms. The van der Waals surface area contributed by atoms with Gasteiger partial charge in [0.25, 0.3) is 0 Å². The van der Waals surface area contributed by atoms with Crippen molar-refractivity contribution in [3.8, 4) is 0 Å². The van der Waals surface area contributed by atoms with Crippen LogP contribution in [-0.4, -0.2) is 9.97 Å². The fourth-order valence-electron chi connectivity index (χ4n) is 1.36. The third-order valence-electron chi connectivity index (χ3n) is 2.46. The van der Waals surface area contributed by atoms with Crippen LogP contribution in [0.15, 0.2) is 29.0 Å². The molecule has 0 aliphatic heterocycles. The molecule has 2 rings (SSSR count). The van der Waals surface area contributed by atoms with E-state index in [1.165, 1.54) is 11.9 Å². The maximum absolute atomic E-state index is 5.94. The number of benzene rings is 1. The summed E-state index contributed by atoms with van der Waals surface area (Å²) >= 11 is 9.43. The number of rotatable bonds is 2. The Morgan fingerprint density at radius 1 is 1.24 bits per heavy atom. The van der Waals surface area contributed by atoms with Gasteiger partial charge in [0.2, 0.25) is 0 Å². The monoisotopic (exact) mass is 311 g/mol. The van der Waals surface area contributed by atoms with Gasteiger partial charge in [0.1, 0.15) is 17.3 Å². The lowest BCUT2D eigenvalue weighted by molar-refractivity contribution is 1.13. The summed E-state index contributed by atoms with van der Waals surface area (Å²) in [6, 6.07) is 6.03. The highest BCUT2D eigenvalue weighted by Gasteiger charge is 2.05. The van der Waals surface area contributed by atoms with Crippen LogP contribution in [-0.2, 0) is 0 Å². The van der Waals surface area contributed by atoms with Crippen molar-refractivity contribution in [2.75, 3.05) is 5.32 Å². The molecular formula is C12H11BrClN3. The lowest BCUT2D eigenvalue weighted by Crippen LogP contribution is -1.98. The Kier molecular flexibility index (Phi) is 3.64. The topological polar surface area (TPSA) is 37.8 Å². The number of hydrogen-bond acceptors (Lipinski definition) is 3. The maximum atomic E-state index is 5.94. The molecule has 1 N–H and O–H groups in total. The van der Waals surface area contributed by atoms with Gasteiger partial charge in [0.05, 0.1) is 0 Å². The van der Waals surface area contributed by atoms with E-state index >= 15 is 0 Å². The van der Waals surface area contributed by atoms with Crippen LogP contribution < -0.4 is 5.32 Å². The first-order valence-electron chi connectivity index (χ1n) is 5.08. The van der Waals surface area contributed by atoms with E-state index in [4.69, 9.17) is 11.6 Å². The first-order chi connectivity index (χ1) is 8.08. The number of nitrogens with one attached hydrogen (secondary N) is 1. The molecule has 0 aliphatic carbocycles. The van der Waals surface area contributed by atoms with Gasteiger partial charge in [-0.1, -0.05) is 33.6 Å². The number of hydrogen-bond donors (Lipinski definition) is 1. The minimum absolute atomic E-state index is 0.466. The molecule has 1 aromatic carbocycles. The van der Waals surface area contributed by atoms with Crippen LogP contribution in [0.5, 0.6) is 0 Å². The summed E-state index contributed by atoms with van der Waals surface area (Å²) in [5.41, 5.74) is 2.99. The van der Waals surface area contributed by atoms with Gasteiger partial charge in [-0.3, -0.25) is 0 Å². The van der Waals surface area contributed by atoms with Crippen molar-refractivity contribution >= 4 is 39.0 Å². The fourth-order valence-corrected chi connectivity index (χ4v) is 1.87. The standard InChI is InChI=1S/C12H11BrClN3/c1-7-3-4-9(5-10(7)13)17-12-8(2)11(14)15-6-16-12/h3-6H,1-2H3,(H,15,16,17). The van der Waals surface area contributed by atoms with E-state index in [1.807, 2.05) is 32.0 Å². The molecule has 3 nitrogen and oxygen atoms in total. The molecule has 0 saturated carbocycles. The third-order valence-corrected chi connectivity index (χ3v) is 3.69. The van der Waals surface area contributed by atoms with Crippen molar-refractivity contribution in [1.82, 2.24) is 9.97 Å². The summed E-state index contributed by atoms with van der Waals surface area (Å²) in [4.78, 5) is 8.08. The van der Waals surface area contributed by atoms with E-state index in [1.54, 1.807) is 0 Å². The molecule has 2 aromatic rings. The van der Waals surface area contributed by atoms with Crippen LogP contribution in [0.25, 0.3) is 0 Å². The highest BCUT2D eigenvalue weighted by atomic mass is 79.9.